The molecule has 7 nitrogen and oxygen atoms in total. The molecule has 0 spiro atoms. The Hall–Kier alpha value is -2.67. The van der Waals surface area contributed by atoms with Gasteiger partial charge in [0.2, 0.25) is 11.9 Å². The van der Waals surface area contributed by atoms with Crippen molar-refractivity contribution in [3.8, 4) is 12.0 Å². The van der Waals surface area contributed by atoms with Gasteiger partial charge in [0.15, 0.2) is 0 Å². The van der Waals surface area contributed by atoms with Crippen molar-refractivity contribution in [3.63, 3.8) is 0 Å². The average molecular weight is 303 g/mol. The quantitative estimate of drug-likeness (QED) is 0.791. The summed E-state index contributed by atoms with van der Waals surface area (Å²) in [7, 11) is 0. The Kier molecular flexibility index (Phi) is 3.65. The van der Waals surface area contributed by atoms with Crippen LogP contribution in [0.15, 0.2) is 43.0 Å². The van der Waals surface area contributed by atoms with Gasteiger partial charge < -0.3 is 10.5 Å². The molecule has 0 atom stereocenters. The van der Waals surface area contributed by atoms with E-state index in [1.54, 1.807) is 35.4 Å². The molecule has 0 aliphatic carbocycles. The molecule has 2 N–H and O–H groups in total. The van der Waals surface area contributed by atoms with Crippen LogP contribution in [0, 0.1) is 0 Å². The van der Waals surface area contributed by atoms with Crippen molar-refractivity contribution in [2.75, 3.05) is 5.73 Å². The minimum atomic E-state index is 0.0832. The molecule has 0 radical (unpaired) electrons. The van der Waals surface area contributed by atoms with Crippen molar-refractivity contribution < 1.29 is 4.74 Å². The number of imidazole rings is 1. The number of ether oxygens (including phenoxy) is 1. The summed E-state index contributed by atoms with van der Waals surface area (Å²) in [6.45, 7) is 0.310. The van der Waals surface area contributed by atoms with Gasteiger partial charge in [-0.3, -0.25) is 4.57 Å². The maximum atomic E-state index is 5.83. The van der Waals surface area contributed by atoms with E-state index >= 15 is 0 Å². The first-order chi connectivity index (χ1) is 10.2. The lowest BCUT2D eigenvalue weighted by Gasteiger charge is -2.07. The van der Waals surface area contributed by atoms with Crippen LogP contribution in [-0.4, -0.2) is 24.5 Å². The fourth-order valence-electron chi connectivity index (χ4n) is 1.65. The van der Waals surface area contributed by atoms with E-state index in [1.165, 1.54) is 0 Å². The second kappa shape index (κ2) is 5.76. The van der Waals surface area contributed by atoms with E-state index in [4.69, 9.17) is 22.1 Å². The van der Waals surface area contributed by atoms with Gasteiger partial charge >= 0.3 is 6.01 Å². The third-order valence-electron chi connectivity index (χ3n) is 2.64. The summed E-state index contributed by atoms with van der Waals surface area (Å²) in [5.74, 6) is 0.436. The zero-order chi connectivity index (χ0) is 14.7. The lowest BCUT2D eigenvalue weighted by Crippen LogP contribution is -2.08. The van der Waals surface area contributed by atoms with Crippen molar-refractivity contribution in [3.05, 3.63) is 53.6 Å². The number of aromatic nitrogens is 5. The van der Waals surface area contributed by atoms with Crippen molar-refractivity contribution in [1.82, 2.24) is 24.5 Å². The van der Waals surface area contributed by atoms with Gasteiger partial charge in [-0.25, -0.2) is 4.98 Å². The van der Waals surface area contributed by atoms with Crippen LogP contribution in [0.25, 0.3) is 5.95 Å². The zero-order valence-corrected chi connectivity index (χ0v) is 11.6. The monoisotopic (exact) mass is 302 g/mol. The van der Waals surface area contributed by atoms with Crippen LogP contribution in [0.2, 0.25) is 5.02 Å². The van der Waals surface area contributed by atoms with E-state index in [9.17, 15) is 0 Å². The third kappa shape index (κ3) is 3.26. The molecule has 0 amide bonds. The van der Waals surface area contributed by atoms with Gasteiger partial charge in [-0.05, 0) is 17.7 Å². The summed E-state index contributed by atoms with van der Waals surface area (Å²) in [4.78, 5) is 16.1. The predicted octanol–water partition coefficient (Wildman–Crippen LogP) is 1.87. The van der Waals surface area contributed by atoms with Gasteiger partial charge in [-0.1, -0.05) is 23.7 Å². The first-order valence-corrected chi connectivity index (χ1v) is 6.45. The summed E-state index contributed by atoms with van der Waals surface area (Å²) in [6, 6.07) is 7.46. The predicted molar refractivity (Wildman–Crippen MR) is 77.1 cm³/mol. The number of anilines is 1. The van der Waals surface area contributed by atoms with Crippen LogP contribution in [0.3, 0.4) is 0 Å². The molecule has 3 aromatic rings. The van der Waals surface area contributed by atoms with Crippen LogP contribution in [-0.2, 0) is 6.61 Å². The molecule has 0 aliphatic heterocycles. The average Bonchev–Trinajstić information content (AvgIpc) is 3.00. The maximum absolute atomic E-state index is 5.83. The molecule has 0 unspecified atom stereocenters. The summed E-state index contributed by atoms with van der Waals surface area (Å²) in [5.41, 5.74) is 6.61. The van der Waals surface area contributed by atoms with E-state index in [-0.39, 0.29) is 12.0 Å². The highest BCUT2D eigenvalue weighted by Gasteiger charge is 2.07. The molecule has 1 aromatic carbocycles. The molecule has 0 fully saturated rings. The van der Waals surface area contributed by atoms with E-state index in [0.717, 1.165) is 5.56 Å². The molecule has 0 bridgehead atoms. The molecular formula is C13H11ClN6O. The highest BCUT2D eigenvalue weighted by atomic mass is 35.5. The molecule has 8 heteroatoms. The van der Waals surface area contributed by atoms with Crippen LogP contribution in [0.4, 0.5) is 5.95 Å². The van der Waals surface area contributed by atoms with E-state index in [1.807, 2.05) is 12.1 Å². The van der Waals surface area contributed by atoms with Gasteiger partial charge in [0.05, 0.1) is 0 Å². The second-order valence-corrected chi connectivity index (χ2v) is 4.60. The van der Waals surface area contributed by atoms with Crippen LogP contribution < -0.4 is 10.5 Å². The Labute approximate surface area is 125 Å². The normalized spacial score (nSPS) is 10.5. The molecule has 3 rings (SSSR count). The Morgan fingerprint density at radius 3 is 2.67 bits per heavy atom. The number of nitrogens with zero attached hydrogens (tertiary/aromatic N) is 5. The van der Waals surface area contributed by atoms with Crippen molar-refractivity contribution in [1.29, 1.82) is 0 Å². The van der Waals surface area contributed by atoms with Crippen LogP contribution in [0.1, 0.15) is 5.56 Å². The third-order valence-corrected chi connectivity index (χ3v) is 2.89. The number of hydrogen-bond acceptors (Lipinski definition) is 6. The fourth-order valence-corrected chi connectivity index (χ4v) is 1.77. The number of hydrogen-bond donors (Lipinski definition) is 1. The molecule has 0 saturated heterocycles. The number of rotatable bonds is 4. The van der Waals surface area contributed by atoms with Crippen molar-refractivity contribution in [2.24, 2.45) is 0 Å². The molecule has 21 heavy (non-hydrogen) atoms. The summed E-state index contributed by atoms with van der Waals surface area (Å²) < 4.78 is 7.15. The molecular weight excluding hydrogens is 292 g/mol. The highest BCUT2D eigenvalue weighted by molar-refractivity contribution is 6.30. The Morgan fingerprint density at radius 2 is 1.95 bits per heavy atom. The smallest absolute Gasteiger partial charge is 0.323 e. The molecule has 2 aromatic heterocycles. The van der Waals surface area contributed by atoms with Gasteiger partial charge in [0, 0.05) is 17.4 Å². The molecule has 2 heterocycles. The maximum Gasteiger partial charge on any atom is 0.323 e. The Bertz CT molecular complexity index is 729. The topological polar surface area (TPSA) is 91.7 Å². The van der Waals surface area contributed by atoms with Crippen molar-refractivity contribution in [2.45, 2.75) is 6.61 Å². The second-order valence-electron chi connectivity index (χ2n) is 4.16. The summed E-state index contributed by atoms with van der Waals surface area (Å²) >= 11 is 5.83. The lowest BCUT2D eigenvalue weighted by atomic mass is 10.2. The van der Waals surface area contributed by atoms with Crippen LogP contribution in [0.5, 0.6) is 6.01 Å². The van der Waals surface area contributed by atoms with Gasteiger partial charge in [0.1, 0.15) is 12.9 Å². The van der Waals surface area contributed by atoms with Crippen molar-refractivity contribution >= 4 is 17.5 Å². The van der Waals surface area contributed by atoms with Gasteiger partial charge in [0.25, 0.3) is 0 Å². The Morgan fingerprint density at radius 1 is 1.14 bits per heavy atom. The molecule has 0 aliphatic rings. The SMILES string of the molecule is Nc1nc(OCc2ccc(Cl)cc2)nc(-n2ccnc2)n1. The van der Waals surface area contributed by atoms with Crippen LogP contribution >= 0.6 is 11.6 Å². The van der Waals surface area contributed by atoms with Gasteiger partial charge in [-0.2, -0.15) is 15.0 Å². The standard InChI is InChI=1S/C13H11ClN6O/c14-10-3-1-9(2-4-10)7-21-13-18-11(15)17-12(19-13)20-6-5-16-8-20/h1-6,8H,7H2,(H2,15,17,18,19). The first-order valence-electron chi connectivity index (χ1n) is 6.08. The minimum absolute atomic E-state index is 0.0832. The zero-order valence-electron chi connectivity index (χ0n) is 10.8. The van der Waals surface area contributed by atoms with E-state index < -0.39 is 0 Å². The summed E-state index contributed by atoms with van der Waals surface area (Å²) in [5, 5.41) is 0.672. The van der Waals surface area contributed by atoms with E-state index in [0.29, 0.717) is 17.6 Å². The molecule has 0 saturated carbocycles. The van der Waals surface area contributed by atoms with E-state index in [2.05, 4.69) is 19.9 Å². The number of halogens is 1. The first kappa shape index (κ1) is 13.3. The Balaban J connectivity index is 1.78. The van der Waals surface area contributed by atoms with Gasteiger partial charge in [-0.15, -0.1) is 0 Å². The lowest BCUT2D eigenvalue weighted by molar-refractivity contribution is 0.280. The largest absolute Gasteiger partial charge is 0.458 e. The fraction of sp³-hybridized carbons (Fsp3) is 0.0769. The highest BCUT2D eigenvalue weighted by Crippen LogP contribution is 2.13. The molecule has 106 valence electrons. The number of benzene rings is 1. The minimum Gasteiger partial charge on any atom is -0.458 e. The number of nitrogen functional groups attached to an aromatic ring is 1. The summed E-state index contributed by atoms with van der Waals surface area (Å²) in [6.07, 6.45) is 4.89. The number of nitrogens with two attached hydrogens (primary N) is 1.